The van der Waals surface area contributed by atoms with Crippen molar-refractivity contribution < 1.29 is 9.53 Å². The van der Waals surface area contributed by atoms with Crippen LogP contribution >= 0.6 is 12.4 Å². The number of carbonyl (C=O) groups excluding carboxylic acids is 1. The number of halogens is 1. The number of nitrogens with zero attached hydrogens (tertiary/aromatic N) is 1. The van der Waals surface area contributed by atoms with E-state index in [4.69, 9.17) is 10.5 Å². The summed E-state index contributed by atoms with van der Waals surface area (Å²) in [5, 5.41) is 0. The van der Waals surface area contributed by atoms with Crippen LogP contribution in [0.15, 0.2) is 30.3 Å². The first kappa shape index (κ1) is 18.0. The molecule has 0 radical (unpaired) electrons. The number of benzene rings is 1. The molecule has 1 atom stereocenters. The lowest BCUT2D eigenvalue weighted by Gasteiger charge is -2.33. The molecule has 1 aromatic rings. The van der Waals surface area contributed by atoms with E-state index in [1.165, 1.54) is 5.56 Å². The Morgan fingerprint density at radius 2 is 1.95 bits per heavy atom. The van der Waals surface area contributed by atoms with Crippen molar-refractivity contribution in [2.45, 2.75) is 31.3 Å². The lowest BCUT2D eigenvalue weighted by molar-refractivity contribution is -0.134. The number of ether oxygens (including phenoxy) is 1. The molecule has 1 saturated heterocycles. The summed E-state index contributed by atoms with van der Waals surface area (Å²) in [6, 6.07) is 10.6. The predicted octanol–water partition coefficient (Wildman–Crippen LogP) is 2.18. The maximum absolute atomic E-state index is 12.2. The summed E-state index contributed by atoms with van der Waals surface area (Å²) in [6.45, 7) is 2.06. The smallest absolute Gasteiger partial charge is 0.225 e. The molecule has 118 valence electrons. The minimum atomic E-state index is -0.158. The van der Waals surface area contributed by atoms with Gasteiger partial charge in [0.1, 0.15) is 0 Å². The Balaban J connectivity index is 0.00000220. The Hall–Kier alpha value is -1.10. The first-order valence-electron chi connectivity index (χ1n) is 7.30. The van der Waals surface area contributed by atoms with Crippen LogP contribution in [0.25, 0.3) is 0 Å². The van der Waals surface area contributed by atoms with Gasteiger partial charge in [0.2, 0.25) is 5.91 Å². The number of amides is 1. The van der Waals surface area contributed by atoms with E-state index in [1.54, 1.807) is 7.11 Å². The summed E-state index contributed by atoms with van der Waals surface area (Å²) in [4.78, 5) is 14.1. The van der Waals surface area contributed by atoms with Crippen LogP contribution in [0, 0.1) is 0 Å². The Labute approximate surface area is 133 Å². The first-order valence-corrected chi connectivity index (χ1v) is 7.30. The fourth-order valence-corrected chi connectivity index (χ4v) is 2.77. The number of hydrogen-bond acceptors (Lipinski definition) is 3. The van der Waals surface area contributed by atoms with Crippen LogP contribution in [0.5, 0.6) is 0 Å². The Bertz CT molecular complexity index is 416. The van der Waals surface area contributed by atoms with Gasteiger partial charge in [0, 0.05) is 26.7 Å². The van der Waals surface area contributed by atoms with Crippen LogP contribution < -0.4 is 5.73 Å². The number of nitrogens with two attached hydrogens (primary N) is 1. The summed E-state index contributed by atoms with van der Waals surface area (Å²) in [5.41, 5.74) is 6.95. The number of rotatable bonds is 5. The molecule has 0 saturated carbocycles. The van der Waals surface area contributed by atoms with E-state index >= 15 is 0 Å². The second kappa shape index (κ2) is 9.03. The highest BCUT2D eigenvalue weighted by Gasteiger charge is 2.25. The van der Waals surface area contributed by atoms with Crippen LogP contribution in [-0.4, -0.2) is 43.7 Å². The van der Waals surface area contributed by atoms with Crippen molar-refractivity contribution in [3.05, 3.63) is 35.9 Å². The van der Waals surface area contributed by atoms with Gasteiger partial charge in [-0.25, -0.2) is 0 Å². The van der Waals surface area contributed by atoms with E-state index in [-0.39, 0.29) is 24.4 Å². The minimum Gasteiger partial charge on any atom is -0.380 e. The largest absolute Gasteiger partial charge is 0.380 e. The van der Waals surface area contributed by atoms with Crippen molar-refractivity contribution in [3.63, 3.8) is 0 Å². The molecule has 1 aliphatic rings. The molecular weight excluding hydrogens is 288 g/mol. The molecule has 0 aromatic heterocycles. The monoisotopic (exact) mass is 312 g/mol. The maximum Gasteiger partial charge on any atom is 0.225 e. The van der Waals surface area contributed by atoms with Crippen molar-refractivity contribution in [2.24, 2.45) is 5.73 Å². The fraction of sp³-hybridized carbons (Fsp3) is 0.562. The lowest BCUT2D eigenvalue weighted by atomic mass is 9.89. The molecule has 0 aliphatic carbocycles. The zero-order valence-corrected chi connectivity index (χ0v) is 13.3. The standard InChI is InChI=1S/C16H24N2O2.ClH/c1-20-15(12-17)11-16(19)18-9-7-14(8-10-18)13-5-3-2-4-6-13;/h2-6,14-15H,7-12,17H2,1H3;1H. The topological polar surface area (TPSA) is 55.6 Å². The van der Waals surface area contributed by atoms with Gasteiger partial charge in [-0.2, -0.15) is 0 Å². The maximum atomic E-state index is 12.2. The molecule has 1 heterocycles. The van der Waals surface area contributed by atoms with E-state index in [9.17, 15) is 4.79 Å². The van der Waals surface area contributed by atoms with Crippen molar-refractivity contribution in [1.82, 2.24) is 4.90 Å². The zero-order chi connectivity index (χ0) is 14.4. The average Bonchev–Trinajstić information content (AvgIpc) is 2.53. The van der Waals surface area contributed by atoms with Crippen molar-refractivity contribution in [1.29, 1.82) is 0 Å². The second-order valence-electron chi connectivity index (χ2n) is 5.36. The number of carbonyl (C=O) groups is 1. The summed E-state index contributed by atoms with van der Waals surface area (Å²) >= 11 is 0. The van der Waals surface area contributed by atoms with Crippen LogP contribution in [0.1, 0.15) is 30.7 Å². The van der Waals surface area contributed by atoms with Crippen LogP contribution in [0.3, 0.4) is 0 Å². The molecule has 1 amide bonds. The van der Waals surface area contributed by atoms with Gasteiger partial charge in [-0.15, -0.1) is 12.4 Å². The van der Waals surface area contributed by atoms with Crippen molar-refractivity contribution >= 4 is 18.3 Å². The molecule has 1 unspecified atom stereocenters. The van der Waals surface area contributed by atoms with E-state index in [0.717, 1.165) is 25.9 Å². The van der Waals surface area contributed by atoms with Gasteiger partial charge in [-0.05, 0) is 24.3 Å². The van der Waals surface area contributed by atoms with E-state index in [1.807, 2.05) is 11.0 Å². The molecule has 1 aliphatic heterocycles. The normalized spacial score (nSPS) is 17.1. The quantitative estimate of drug-likeness (QED) is 0.906. The van der Waals surface area contributed by atoms with Gasteiger partial charge in [-0.1, -0.05) is 30.3 Å². The molecular formula is C16H25ClN2O2. The molecule has 0 bridgehead atoms. The summed E-state index contributed by atoms with van der Waals surface area (Å²) in [7, 11) is 1.60. The van der Waals surface area contributed by atoms with Gasteiger partial charge < -0.3 is 15.4 Å². The van der Waals surface area contributed by atoms with Crippen LogP contribution in [-0.2, 0) is 9.53 Å². The van der Waals surface area contributed by atoms with E-state index < -0.39 is 0 Å². The minimum absolute atomic E-state index is 0. The fourth-order valence-electron chi connectivity index (χ4n) is 2.77. The molecule has 1 fully saturated rings. The summed E-state index contributed by atoms with van der Waals surface area (Å²) < 4.78 is 5.18. The Kier molecular flexibility index (Phi) is 7.72. The molecule has 0 spiro atoms. The van der Waals surface area contributed by atoms with Crippen LogP contribution in [0.4, 0.5) is 0 Å². The van der Waals surface area contributed by atoms with Gasteiger partial charge in [0.05, 0.1) is 12.5 Å². The highest BCUT2D eigenvalue weighted by atomic mass is 35.5. The van der Waals surface area contributed by atoms with Gasteiger partial charge in [-0.3, -0.25) is 4.79 Å². The highest BCUT2D eigenvalue weighted by molar-refractivity contribution is 5.85. The highest BCUT2D eigenvalue weighted by Crippen LogP contribution is 2.28. The lowest BCUT2D eigenvalue weighted by Crippen LogP contribution is -2.40. The number of piperidine rings is 1. The summed E-state index contributed by atoms with van der Waals surface area (Å²) in [6.07, 6.45) is 2.31. The third-order valence-corrected chi connectivity index (χ3v) is 4.12. The molecule has 21 heavy (non-hydrogen) atoms. The van der Waals surface area contributed by atoms with Gasteiger partial charge in [0.15, 0.2) is 0 Å². The zero-order valence-electron chi connectivity index (χ0n) is 12.5. The van der Waals surface area contributed by atoms with Crippen molar-refractivity contribution in [2.75, 3.05) is 26.7 Å². The first-order chi connectivity index (χ1) is 9.74. The van der Waals surface area contributed by atoms with Crippen molar-refractivity contribution in [3.8, 4) is 0 Å². The number of hydrogen-bond donors (Lipinski definition) is 1. The molecule has 4 nitrogen and oxygen atoms in total. The van der Waals surface area contributed by atoms with E-state index in [2.05, 4.69) is 24.3 Å². The molecule has 2 rings (SSSR count). The SMILES string of the molecule is COC(CN)CC(=O)N1CCC(c2ccccc2)CC1.Cl. The van der Waals surface area contributed by atoms with Gasteiger partial charge >= 0.3 is 0 Å². The molecule has 5 heteroatoms. The third kappa shape index (κ3) is 4.99. The Morgan fingerprint density at radius 3 is 2.48 bits per heavy atom. The Morgan fingerprint density at radius 1 is 1.33 bits per heavy atom. The molecule has 1 aromatic carbocycles. The van der Waals surface area contributed by atoms with E-state index in [0.29, 0.717) is 18.9 Å². The average molecular weight is 313 g/mol. The number of methoxy groups -OCH3 is 1. The summed E-state index contributed by atoms with van der Waals surface area (Å²) in [5.74, 6) is 0.738. The van der Waals surface area contributed by atoms with Gasteiger partial charge in [0.25, 0.3) is 0 Å². The van der Waals surface area contributed by atoms with Crippen LogP contribution in [0.2, 0.25) is 0 Å². The second-order valence-corrected chi connectivity index (χ2v) is 5.36. The predicted molar refractivity (Wildman–Crippen MR) is 86.7 cm³/mol. The third-order valence-electron chi connectivity index (χ3n) is 4.12. The number of likely N-dealkylation sites (tertiary alicyclic amines) is 1. The molecule has 2 N–H and O–H groups in total.